The van der Waals surface area contributed by atoms with Crippen molar-refractivity contribution in [2.75, 3.05) is 13.2 Å². The number of hydrogen-bond donors (Lipinski definition) is 2. The van der Waals surface area contributed by atoms with Crippen LogP contribution in [0, 0.1) is 0 Å². The van der Waals surface area contributed by atoms with Crippen LogP contribution in [-0.4, -0.2) is 29.1 Å². The summed E-state index contributed by atoms with van der Waals surface area (Å²) in [6, 6.07) is 3.40. The Labute approximate surface area is 95.7 Å². The zero-order valence-corrected chi connectivity index (χ0v) is 9.57. The van der Waals surface area contributed by atoms with E-state index >= 15 is 0 Å². The number of aromatic nitrogens is 1. The molecule has 1 heterocycles. The van der Waals surface area contributed by atoms with Crippen LogP contribution in [-0.2, 0) is 6.42 Å². The monoisotopic (exact) mass is 222 g/mol. The lowest BCUT2D eigenvalue weighted by molar-refractivity contribution is 0.0953. The van der Waals surface area contributed by atoms with Gasteiger partial charge in [-0.3, -0.25) is 9.78 Å². The summed E-state index contributed by atoms with van der Waals surface area (Å²) < 4.78 is 0. The smallest absolute Gasteiger partial charge is 0.251 e. The Morgan fingerprint density at radius 2 is 2.38 bits per heavy atom. The van der Waals surface area contributed by atoms with E-state index in [-0.39, 0.29) is 12.5 Å². The Hall–Kier alpha value is -1.42. The molecular formula is C12H18N2O2. The number of rotatable bonds is 6. The van der Waals surface area contributed by atoms with Crippen molar-refractivity contribution in [2.24, 2.45) is 0 Å². The fourth-order valence-electron chi connectivity index (χ4n) is 1.35. The Balaban J connectivity index is 2.57. The van der Waals surface area contributed by atoms with Crippen LogP contribution in [0.15, 0.2) is 18.3 Å². The quantitative estimate of drug-likeness (QED) is 0.710. The number of aliphatic hydroxyl groups excluding tert-OH is 1. The van der Waals surface area contributed by atoms with E-state index in [1.165, 1.54) is 0 Å². The van der Waals surface area contributed by atoms with Crippen LogP contribution in [0.1, 0.15) is 35.8 Å². The van der Waals surface area contributed by atoms with Crippen molar-refractivity contribution in [1.82, 2.24) is 10.3 Å². The first kappa shape index (κ1) is 12.6. The van der Waals surface area contributed by atoms with Crippen LogP contribution in [0.3, 0.4) is 0 Å². The van der Waals surface area contributed by atoms with Gasteiger partial charge in [-0.1, -0.05) is 13.3 Å². The lowest BCUT2D eigenvalue weighted by Gasteiger charge is -2.05. The van der Waals surface area contributed by atoms with Gasteiger partial charge >= 0.3 is 0 Å². The fraction of sp³-hybridized carbons (Fsp3) is 0.500. The molecule has 4 heteroatoms. The molecule has 0 spiro atoms. The predicted molar refractivity (Wildman–Crippen MR) is 62.3 cm³/mol. The highest BCUT2D eigenvalue weighted by Gasteiger charge is 2.05. The van der Waals surface area contributed by atoms with Crippen molar-refractivity contribution in [1.29, 1.82) is 0 Å². The topological polar surface area (TPSA) is 62.2 Å². The summed E-state index contributed by atoms with van der Waals surface area (Å²) in [6.45, 7) is 2.83. The fourth-order valence-corrected chi connectivity index (χ4v) is 1.35. The van der Waals surface area contributed by atoms with E-state index in [4.69, 9.17) is 5.11 Å². The summed E-state index contributed by atoms with van der Waals surface area (Å²) in [6.07, 6.45) is 4.13. The molecule has 4 nitrogen and oxygen atoms in total. The van der Waals surface area contributed by atoms with Crippen molar-refractivity contribution < 1.29 is 9.90 Å². The Kier molecular flexibility index (Phi) is 5.50. The molecule has 0 aliphatic heterocycles. The normalized spacial score (nSPS) is 10.1. The van der Waals surface area contributed by atoms with Crippen LogP contribution in [0.5, 0.6) is 0 Å². The number of aliphatic hydroxyl groups is 1. The van der Waals surface area contributed by atoms with E-state index in [1.807, 2.05) is 0 Å². The second-order valence-corrected chi connectivity index (χ2v) is 3.62. The molecule has 0 bridgehead atoms. The highest BCUT2D eigenvalue weighted by atomic mass is 16.3. The van der Waals surface area contributed by atoms with Gasteiger partial charge in [0.2, 0.25) is 0 Å². The van der Waals surface area contributed by atoms with Gasteiger partial charge in [-0.05, 0) is 18.6 Å². The van der Waals surface area contributed by atoms with Crippen molar-refractivity contribution in [3.63, 3.8) is 0 Å². The zero-order valence-electron chi connectivity index (χ0n) is 9.57. The maximum atomic E-state index is 11.7. The third-order valence-corrected chi connectivity index (χ3v) is 2.26. The lowest BCUT2D eigenvalue weighted by Crippen LogP contribution is -2.24. The molecule has 0 saturated carbocycles. The molecule has 88 valence electrons. The van der Waals surface area contributed by atoms with Crippen molar-refractivity contribution >= 4 is 5.91 Å². The molecule has 16 heavy (non-hydrogen) atoms. The molecule has 2 N–H and O–H groups in total. The third-order valence-electron chi connectivity index (χ3n) is 2.26. The van der Waals surface area contributed by atoms with Crippen molar-refractivity contribution in [3.8, 4) is 0 Å². The summed E-state index contributed by atoms with van der Waals surface area (Å²) in [7, 11) is 0. The number of unbranched alkanes of at least 4 members (excludes halogenated alkanes) is 1. The average Bonchev–Trinajstić information content (AvgIpc) is 2.30. The van der Waals surface area contributed by atoms with Gasteiger partial charge in [0.1, 0.15) is 0 Å². The first-order valence-electron chi connectivity index (χ1n) is 5.62. The molecule has 0 aromatic carbocycles. The first-order chi connectivity index (χ1) is 7.77. The lowest BCUT2D eigenvalue weighted by atomic mass is 10.2. The summed E-state index contributed by atoms with van der Waals surface area (Å²) in [5, 5.41) is 11.6. The molecular weight excluding hydrogens is 204 g/mol. The molecule has 0 fully saturated rings. The molecule has 1 aromatic rings. The van der Waals surface area contributed by atoms with E-state index in [2.05, 4.69) is 17.2 Å². The van der Waals surface area contributed by atoms with Gasteiger partial charge in [0.15, 0.2) is 0 Å². The third kappa shape index (κ3) is 3.98. The van der Waals surface area contributed by atoms with E-state index in [0.29, 0.717) is 18.5 Å². The first-order valence-corrected chi connectivity index (χ1v) is 5.62. The SMILES string of the molecule is CCCCNC(=O)c1ccnc(CCO)c1. The number of hydrogen-bond acceptors (Lipinski definition) is 3. The van der Waals surface area contributed by atoms with Crippen LogP contribution in [0.2, 0.25) is 0 Å². The van der Waals surface area contributed by atoms with Crippen LogP contribution >= 0.6 is 0 Å². The van der Waals surface area contributed by atoms with Gasteiger partial charge in [-0.15, -0.1) is 0 Å². The second-order valence-electron chi connectivity index (χ2n) is 3.62. The Bertz CT molecular complexity index is 340. The van der Waals surface area contributed by atoms with Gasteiger partial charge in [0, 0.05) is 37.0 Å². The van der Waals surface area contributed by atoms with E-state index < -0.39 is 0 Å². The molecule has 0 aliphatic carbocycles. The van der Waals surface area contributed by atoms with Gasteiger partial charge in [-0.25, -0.2) is 0 Å². The van der Waals surface area contributed by atoms with Crippen LogP contribution in [0.4, 0.5) is 0 Å². The highest BCUT2D eigenvalue weighted by Crippen LogP contribution is 2.02. The summed E-state index contributed by atoms with van der Waals surface area (Å²) in [5.41, 5.74) is 1.35. The number of amides is 1. The summed E-state index contributed by atoms with van der Waals surface area (Å²) >= 11 is 0. The molecule has 0 atom stereocenters. The predicted octanol–water partition coefficient (Wildman–Crippen LogP) is 1.15. The second kappa shape index (κ2) is 6.95. The highest BCUT2D eigenvalue weighted by molar-refractivity contribution is 5.94. The van der Waals surface area contributed by atoms with E-state index in [1.54, 1.807) is 18.3 Å². The maximum absolute atomic E-state index is 11.7. The van der Waals surface area contributed by atoms with Crippen molar-refractivity contribution in [3.05, 3.63) is 29.6 Å². The molecule has 0 radical (unpaired) electrons. The van der Waals surface area contributed by atoms with Gasteiger partial charge in [-0.2, -0.15) is 0 Å². The molecule has 1 amide bonds. The zero-order chi connectivity index (χ0) is 11.8. The van der Waals surface area contributed by atoms with Gasteiger partial charge in [0.25, 0.3) is 5.91 Å². The van der Waals surface area contributed by atoms with E-state index in [0.717, 1.165) is 18.5 Å². The molecule has 0 saturated heterocycles. The van der Waals surface area contributed by atoms with Gasteiger partial charge < -0.3 is 10.4 Å². The molecule has 1 aromatic heterocycles. The largest absolute Gasteiger partial charge is 0.396 e. The maximum Gasteiger partial charge on any atom is 0.251 e. The molecule has 0 unspecified atom stereocenters. The summed E-state index contributed by atoms with van der Waals surface area (Å²) in [5.74, 6) is -0.0740. The number of carbonyl (C=O) groups is 1. The number of nitrogens with zero attached hydrogens (tertiary/aromatic N) is 1. The average molecular weight is 222 g/mol. The number of carbonyl (C=O) groups excluding carboxylic acids is 1. The minimum Gasteiger partial charge on any atom is -0.396 e. The Morgan fingerprint density at radius 1 is 1.56 bits per heavy atom. The van der Waals surface area contributed by atoms with Crippen LogP contribution in [0.25, 0.3) is 0 Å². The standard InChI is InChI=1S/C12H18N2O2/c1-2-3-6-14-12(16)10-4-7-13-11(9-10)5-8-15/h4,7,9,15H,2-3,5-6,8H2,1H3,(H,14,16). The summed E-state index contributed by atoms with van der Waals surface area (Å²) in [4.78, 5) is 15.7. The molecule has 0 aliphatic rings. The minimum atomic E-state index is -0.0740. The Morgan fingerprint density at radius 3 is 3.06 bits per heavy atom. The number of nitrogens with one attached hydrogen (secondary N) is 1. The van der Waals surface area contributed by atoms with Crippen LogP contribution < -0.4 is 5.32 Å². The molecule has 1 rings (SSSR count). The minimum absolute atomic E-state index is 0.0495. The van der Waals surface area contributed by atoms with Crippen molar-refractivity contribution in [2.45, 2.75) is 26.2 Å². The van der Waals surface area contributed by atoms with E-state index in [9.17, 15) is 4.79 Å². The van der Waals surface area contributed by atoms with Gasteiger partial charge in [0.05, 0.1) is 0 Å². The number of pyridine rings is 1.